The molecular formula is C9H19N. The average molecular weight is 141 g/mol. The van der Waals surface area contributed by atoms with Gasteiger partial charge in [-0.15, -0.1) is 0 Å². The van der Waals surface area contributed by atoms with E-state index in [1.165, 1.54) is 19.3 Å². The van der Waals surface area contributed by atoms with Crippen molar-refractivity contribution in [3.8, 4) is 0 Å². The Labute approximate surface area is 64.4 Å². The lowest BCUT2D eigenvalue weighted by molar-refractivity contribution is 0.0148. The highest BCUT2D eigenvalue weighted by Crippen LogP contribution is 2.41. The van der Waals surface area contributed by atoms with Crippen molar-refractivity contribution in [3.63, 3.8) is 0 Å². The summed E-state index contributed by atoms with van der Waals surface area (Å²) in [5, 5.41) is 0. The molecule has 0 saturated heterocycles. The van der Waals surface area contributed by atoms with E-state index in [1.54, 1.807) is 0 Å². The van der Waals surface area contributed by atoms with Crippen LogP contribution in [-0.2, 0) is 0 Å². The van der Waals surface area contributed by atoms with Crippen LogP contribution in [0.15, 0.2) is 0 Å². The van der Waals surface area contributed by atoms with Crippen LogP contribution >= 0.6 is 0 Å². The van der Waals surface area contributed by atoms with Crippen molar-refractivity contribution in [2.75, 3.05) is 14.1 Å². The molecule has 0 N–H and O–H groups in total. The SMILES string of the molecule is CC(C)C1(N(C)C)CCC1. The molecule has 0 unspecified atom stereocenters. The number of hydrogen-bond acceptors (Lipinski definition) is 1. The zero-order chi connectivity index (χ0) is 7.78. The minimum Gasteiger partial charge on any atom is -0.303 e. The largest absolute Gasteiger partial charge is 0.303 e. The van der Waals surface area contributed by atoms with Gasteiger partial charge in [0, 0.05) is 5.54 Å². The van der Waals surface area contributed by atoms with Crippen LogP contribution in [0, 0.1) is 5.92 Å². The third-order valence-electron chi connectivity index (χ3n) is 3.18. The summed E-state index contributed by atoms with van der Waals surface area (Å²) in [6, 6.07) is 0. The lowest BCUT2D eigenvalue weighted by atomic mass is 9.68. The van der Waals surface area contributed by atoms with E-state index in [2.05, 4.69) is 32.8 Å². The molecule has 1 fully saturated rings. The van der Waals surface area contributed by atoms with Crippen LogP contribution in [0.4, 0.5) is 0 Å². The molecule has 0 amide bonds. The summed E-state index contributed by atoms with van der Waals surface area (Å²) in [6.45, 7) is 4.66. The van der Waals surface area contributed by atoms with Crippen LogP contribution in [0.5, 0.6) is 0 Å². The first-order chi connectivity index (χ1) is 4.59. The first-order valence-electron chi connectivity index (χ1n) is 4.27. The third-order valence-corrected chi connectivity index (χ3v) is 3.18. The smallest absolute Gasteiger partial charge is 0.0226 e. The van der Waals surface area contributed by atoms with Crippen molar-refractivity contribution in [1.29, 1.82) is 0 Å². The molecule has 1 saturated carbocycles. The lowest BCUT2D eigenvalue weighted by Crippen LogP contribution is -2.53. The van der Waals surface area contributed by atoms with E-state index in [1.807, 2.05) is 0 Å². The Balaban J connectivity index is 2.59. The zero-order valence-corrected chi connectivity index (χ0v) is 7.65. The van der Waals surface area contributed by atoms with Gasteiger partial charge in [-0.3, -0.25) is 0 Å². The Kier molecular flexibility index (Phi) is 2.04. The highest BCUT2D eigenvalue weighted by atomic mass is 15.2. The molecule has 0 aliphatic heterocycles. The quantitative estimate of drug-likeness (QED) is 0.569. The van der Waals surface area contributed by atoms with Gasteiger partial charge in [0.15, 0.2) is 0 Å². The summed E-state index contributed by atoms with van der Waals surface area (Å²) in [6.07, 6.45) is 4.23. The summed E-state index contributed by atoms with van der Waals surface area (Å²) in [5.41, 5.74) is 0.556. The molecule has 0 spiro atoms. The molecule has 1 nitrogen and oxygen atoms in total. The summed E-state index contributed by atoms with van der Waals surface area (Å²) in [7, 11) is 4.42. The second-order valence-electron chi connectivity index (χ2n) is 4.01. The second-order valence-corrected chi connectivity index (χ2v) is 4.01. The molecule has 1 rings (SSSR count). The van der Waals surface area contributed by atoms with Gasteiger partial charge in [-0.1, -0.05) is 13.8 Å². The number of hydrogen-bond donors (Lipinski definition) is 0. The van der Waals surface area contributed by atoms with Crippen LogP contribution in [0.3, 0.4) is 0 Å². The van der Waals surface area contributed by atoms with E-state index in [4.69, 9.17) is 0 Å². The topological polar surface area (TPSA) is 3.24 Å². The lowest BCUT2D eigenvalue weighted by Gasteiger charge is -2.50. The molecule has 10 heavy (non-hydrogen) atoms. The molecule has 0 atom stereocenters. The minimum atomic E-state index is 0.556. The van der Waals surface area contributed by atoms with Gasteiger partial charge < -0.3 is 4.90 Å². The van der Waals surface area contributed by atoms with E-state index in [-0.39, 0.29) is 0 Å². The molecule has 1 aliphatic carbocycles. The van der Waals surface area contributed by atoms with Crippen LogP contribution in [0.1, 0.15) is 33.1 Å². The Morgan fingerprint density at radius 2 is 1.70 bits per heavy atom. The molecule has 60 valence electrons. The number of rotatable bonds is 2. The maximum Gasteiger partial charge on any atom is 0.0226 e. The first kappa shape index (κ1) is 8.06. The normalized spacial score (nSPS) is 23.4. The zero-order valence-electron chi connectivity index (χ0n) is 7.65. The maximum absolute atomic E-state index is 2.40. The van der Waals surface area contributed by atoms with Crippen molar-refractivity contribution in [1.82, 2.24) is 4.90 Å². The van der Waals surface area contributed by atoms with E-state index >= 15 is 0 Å². The Morgan fingerprint density at radius 1 is 1.20 bits per heavy atom. The van der Waals surface area contributed by atoms with Crippen molar-refractivity contribution in [2.45, 2.75) is 38.6 Å². The van der Waals surface area contributed by atoms with Gasteiger partial charge in [0.05, 0.1) is 0 Å². The highest BCUT2D eigenvalue weighted by Gasteiger charge is 2.41. The standard InChI is InChI=1S/C9H19N/c1-8(2)9(10(3)4)6-5-7-9/h8H,5-7H2,1-4H3. The van der Waals surface area contributed by atoms with Gasteiger partial charge in [-0.2, -0.15) is 0 Å². The van der Waals surface area contributed by atoms with Crippen LogP contribution in [0.2, 0.25) is 0 Å². The molecule has 0 radical (unpaired) electrons. The fourth-order valence-corrected chi connectivity index (χ4v) is 2.08. The fraction of sp³-hybridized carbons (Fsp3) is 1.00. The molecule has 1 aliphatic rings. The third kappa shape index (κ3) is 0.968. The van der Waals surface area contributed by atoms with Crippen molar-refractivity contribution < 1.29 is 0 Å². The van der Waals surface area contributed by atoms with E-state index in [0.29, 0.717) is 5.54 Å². The average Bonchev–Trinajstić information content (AvgIpc) is 1.57. The maximum atomic E-state index is 2.40. The van der Waals surface area contributed by atoms with Gasteiger partial charge in [-0.25, -0.2) is 0 Å². The van der Waals surface area contributed by atoms with Crippen molar-refractivity contribution in [2.24, 2.45) is 5.92 Å². The molecular weight excluding hydrogens is 122 g/mol. The van der Waals surface area contributed by atoms with Gasteiger partial charge in [-0.05, 0) is 39.3 Å². The summed E-state index contributed by atoms with van der Waals surface area (Å²) in [4.78, 5) is 2.40. The molecule has 0 heterocycles. The van der Waals surface area contributed by atoms with Crippen LogP contribution in [0.25, 0.3) is 0 Å². The van der Waals surface area contributed by atoms with Gasteiger partial charge in [0.25, 0.3) is 0 Å². The van der Waals surface area contributed by atoms with Crippen LogP contribution < -0.4 is 0 Å². The van der Waals surface area contributed by atoms with Crippen molar-refractivity contribution in [3.05, 3.63) is 0 Å². The van der Waals surface area contributed by atoms with Crippen molar-refractivity contribution >= 4 is 0 Å². The Bertz CT molecular complexity index is 102. The second kappa shape index (κ2) is 2.54. The number of nitrogens with zero attached hydrogens (tertiary/aromatic N) is 1. The summed E-state index contributed by atoms with van der Waals surface area (Å²) < 4.78 is 0. The van der Waals surface area contributed by atoms with Gasteiger partial charge in [0.1, 0.15) is 0 Å². The summed E-state index contributed by atoms with van der Waals surface area (Å²) in [5.74, 6) is 0.816. The van der Waals surface area contributed by atoms with Crippen LogP contribution in [-0.4, -0.2) is 24.5 Å². The predicted molar refractivity (Wildman–Crippen MR) is 45.1 cm³/mol. The molecule has 1 heteroatoms. The molecule has 0 aromatic heterocycles. The highest BCUT2D eigenvalue weighted by molar-refractivity contribution is 4.97. The van der Waals surface area contributed by atoms with E-state index < -0.39 is 0 Å². The van der Waals surface area contributed by atoms with Gasteiger partial charge in [0.2, 0.25) is 0 Å². The molecule has 0 aromatic carbocycles. The fourth-order valence-electron chi connectivity index (χ4n) is 2.08. The predicted octanol–water partition coefficient (Wildman–Crippen LogP) is 2.13. The molecule has 0 aromatic rings. The monoisotopic (exact) mass is 141 g/mol. The van der Waals surface area contributed by atoms with E-state index in [0.717, 1.165) is 5.92 Å². The van der Waals surface area contributed by atoms with Gasteiger partial charge >= 0.3 is 0 Å². The minimum absolute atomic E-state index is 0.556. The first-order valence-corrected chi connectivity index (χ1v) is 4.27. The Morgan fingerprint density at radius 3 is 1.70 bits per heavy atom. The Hall–Kier alpha value is -0.0400. The molecule has 0 bridgehead atoms. The summed E-state index contributed by atoms with van der Waals surface area (Å²) >= 11 is 0. The van der Waals surface area contributed by atoms with E-state index in [9.17, 15) is 0 Å².